The van der Waals surface area contributed by atoms with Crippen molar-refractivity contribution in [2.75, 3.05) is 32.8 Å². The molecule has 2 aliphatic rings. The molecule has 5 rings (SSSR count). The van der Waals surface area contributed by atoms with E-state index < -0.39 is 0 Å². The lowest BCUT2D eigenvalue weighted by Crippen LogP contribution is -2.45. The minimum absolute atomic E-state index is 0.182. The van der Waals surface area contributed by atoms with Crippen molar-refractivity contribution in [1.82, 2.24) is 9.80 Å². The third-order valence-electron chi connectivity index (χ3n) is 6.43. The van der Waals surface area contributed by atoms with Gasteiger partial charge in [-0.3, -0.25) is 9.80 Å². The Bertz CT molecular complexity index is 1160. The first-order valence-electron chi connectivity index (χ1n) is 11.1. The Morgan fingerprint density at radius 2 is 1.74 bits per heavy atom. The van der Waals surface area contributed by atoms with Crippen LogP contribution >= 0.6 is 0 Å². The first-order chi connectivity index (χ1) is 15.1. The van der Waals surface area contributed by atoms with Gasteiger partial charge in [0.05, 0.1) is 6.61 Å². The Morgan fingerprint density at radius 3 is 2.52 bits per heavy atom. The summed E-state index contributed by atoms with van der Waals surface area (Å²) in [7, 11) is 0. The van der Waals surface area contributed by atoms with E-state index in [9.17, 15) is 9.90 Å². The maximum absolute atomic E-state index is 12.1. The second-order valence-corrected chi connectivity index (χ2v) is 8.51. The van der Waals surface area contributed by atoms with Gasteiger partial charge in [0.15, 0.2) is 0 Å². The molecule has 6 nitrogen and oxygen atoms in total. The van der Waals surface area contributed by atoms with Crippen molar-refractivity contribution in [1.29, 1.82) is 0 Å². The molecule has 0 bridgehead atoms. The summed E-state index contributed by atoms with van der Waals surface area (Å²) < 4.78 is 10.9. The van der Waals surface area contributed by atoms with Gasteiger partial charge in [-0.25, -0.2) is 4.79 Å². The molecule has 0 radical (unpaired) electrons. The van der Waals surface area contributed by atoms with Gasteiger partial charge >= 0.3 is 5.63 Å². The van der Waals surface area contributed by atoms with Crippen LogP contribution in [0.4, 0.5) is 0 Å². The van der Waals surface area contributed by atoms with Crippen molar-refractivity contribution in [2.45, 2.75) is 32.9 Å². The fourth-order valence-corrected chi connectivity index (χ4v) is 4.66. The predicted octanol–water partition coefficient (Wildman–Crippen LogP) is 3.31. The molecule has 1 aromatic heterocycles. The van der Waals surface area contributed by atoms with Gasteiger partial charge in [0.25, 0.3) is 0 Å². The van der Waals surface area contributed by atoms with Gasteiger partial charge in [0.2, 0.25) is 0 Å². The highest BCUT2D eigenvalue weighted by Crippen LogP contribution is 2.28. The van der Waals surface area contributed by atoms with Crippen molar-refractivity contribution >= 4 is 11.0 Å². The highest BCUT2D eigenvalue weighted by molar-refractivity contribution is 5.82. The van der Waals surface area contributed by atoms with Crippen LogP contribution in [0, 0.1) is 0 Å². The number of nitrogens with zero attached hydrogens (tertiary/aromatic N) is 2. The molecule has 3 aromatic rings. The Morgan fingerprint density at radius 1 is 0.968 bits per heavy atom. The lowest BCUT2D eigenvalue weighted by molar-refractivity contribution is 0.122. The van der Waals surface area contributed by atoms with Crippen molar-refractivity contribution in [3.8, 4) is 11.5 Å². The van der Waals surface area contributed by atoms with Crippen LogP contribution in [0.2, 0.25) is 0 Å². The number of aryl methyl sites for hydroxylation is 1. The molecule has 2 aliphatic heterocycles. The number of phenolic OH excluding ortho intramolecular Hbond substituents is 1. The van der Waals surface area contributed by atoms with E-state index in [1.807, 2.05) is 13.0 Å². The lowest BCUT2D eigenvalue weighted by atomic mass is 10.0. The van der Waals surface area contributed by atoms with Gasteiger partial charge in [0.1, 0.15) is 17.1 Å². The number of fused-ring (bicyclic) bond motifs is 2. The first kappa shape index (κ1) is 20.1. The molecular weight excluding hydrogens is 392 g/mol. The number of phenols is 1. The Balaban J connectivity index is 1.26. The van der Waals surface area contributed by atoms with Gasteiger partial charge in [-0.15, -0.1) is 0 Å². The van der Waals surface area contributed by atoms with Crippen LogP contribution in [-0.2, 0) is 25.9 Å². The minimum atomic E-state index is -0.370. The van der Waals surface area contributed by atoms with Crippen LogP contribution in [-0.4, -0.2) is 47.7 Å². The summed E-state index contributed by atoms with van der Waals surface area (Å²) in [5.41, 5.74) is 4.58. The van der Waals surface area contributed by atoms with Crippen molar-refractivity contribution in [3.05, 3.63) is 69.1 Å². The maximum Gasteiger partial charge on any atom is 0.336 e. The van der Waals surface area contributed by atoms with Crippen LogP contribution in [0.5, 0.6) is 11.5 Å². The largest absolute Gasteiger partial charge is 0.508 e. The van der Waals surface area contributed by atoms with E-state index in [1.54, 1.807) is 12.1 Å². The maximum atomic E-state index is 12.1. The standard InChI is InChI=1S/C25H28N2O4/c1-2-18-12-21-20(13-25(29)31-24(21)14-22(18)28)16-27-8-6-26(7-9-27)15-17-3-4-23-19(11-17)5-10-30-23/h3-4,11-14,28H,2,5-10,15-16H2,1H3. The molecule has 6 heteroatoms. The summed E-state index contributed by atoms with van der Waals surface area (Å²) in [5, 5.41) is 11.0. The fourth-order valence-electron chi connectivity index (χ4n) is 4.66. The Hall–Kier alpha value is -2.83. The fraction of sp³-hybridized carbons (Fsp3) is 0.400. The summed E-state index contributed by atoms with van der Waals surface area (Å²) >= 11 is 0. The Labute approximate surface area is 181 Å². The zero-order chi connectivity index (χ0) is 21.4. The van der Waals surface area contributed by atoms with Crippen LogP contribution in [0.1, 0.15) is 29.2 Å². The van der Waals surface area contributed by atoms with E-state index in [2.05, 4.69) is 28.0 Å². The van der Waals surface area contributed by atoms with Gasteiger partial charge < -0.3 is 14.3 Å². The van der Waals surface area contributed by atoms with Gasteiger partial charge in [-0.2, -0.15) is 0 Å². The number of hydrogen-bond acceptors (Lipinski definition) is 6. The predicted molar refractivity (Wildman–Crippen MR) is 120 cm³/mol. The molecule has 162 valence electrons. The third kappa shape index (κ3) is 4.18. The zero-order valence-corrected chi connectivity index (χ0v) is 17.9. The molecule has 0 saturated carbocycles. The number of hydrogen-bond donors (Lipinski definition) is 1. The number of ether oxygens (including phenoxy) is 1. The molecule has 0 amide bonds. The summed E-state index contributed by atoms with van der Waals surface area (Å²) in [6, 6.07) is 11.7. The monoisotopic (exact) mass is 420 g/mol. The summed E-state index contributed by atoms with van der Waals surface area (Å²) in [6.45, 7) is 8.36. The number of benzene rings is 2. The molecular formula is C25H28N2O4. The second kappa shape index (κ2) is 8.36. The normalized spacial score (nSPS) is 17.1. The topological polar surface area (TPSA) is 66.2 Å². The molecule has 0 aliphatic carbocycles. The van der Waals surface area contributed by atoms with Gasteiger partial charge in [-0.1, -0.05) is 19.1 Å². The molecule has 1 fully saturated rings. The first-order valence-corrected chi connectivity index (χ1v) is 11.1. The van der Waals surface area contributed by atoms with E-state index >= 15 is 0 Å². The van der Waals surface area contributed by atoms with Gasteiger partial charge in [0, 0.05) is 63.2 Å². The third-order valence-corrected chi connectivity index (χ3v) is 6.43. The average molecular weight is 421 g/mol. The molecule has 2 aromatic carbocycles. The number of piperazine rings is 1. The molecule has 3 heterocycles. The van der Waals surface area contributed by atoms with E-state index in [0.29, 0.717) is 12.1 Å². The highest BCUT2D eigenvalue weighted by Gasteiger charge is 2.20. The molecule has 0 spiro atoms. The van der Waals surface area contributed by atoms with Crippen LogP contribution in [0.25, 0.3) is 11.0 Å². The number of rotatable bonds is 5. The lowest BCUT2D eigenvalue weighted by Gasteiger charge is -2.35. The molecule has 0 atom stereocenters. The number of aromatic hydroxyl groups is 1. The molecule has 1 saturated heterocycles. The van der Waals surface area contributed by atoms with E-state index in [4.69, 9.17) is 9.15 Å². The second-order valence-electron chi connectivity index (χ2n) is 8.51. The quantitative estimate of drug-likeness (QED) is 0.639. The summed E-state index contributed by atoms with van der Waals surface area (Å²) in [4.78, 5) is 16.9. The van der Waals surface area contributed by atoms with E-state index in [0.717, 1.165) is 74.4 Å². The van der Waals surface area contributed by atoms with E-state index in [-0.39, 0.29) is 11.4 Å². The summed E-state index contributed by atoms with van der Waals surface area (Å²) in [5.74, 6) is 1.22. The average Bonchev–Trinajstić information content (AvgIpc) is 3.22. The molecule has 31 heavy (non-hydrogen) atoms. The van der Waals surface area contributed by atoms with Crippen molar-refractivity contribution in [2.24, 2.45) is 0 Å². The van der Waals surface area contributed by atoms with Crippen molar-refractivity contribution < 1.29 is 14.3 Å². The van der Waals surface area contributed by atoms with Gasteiger partial charge in [-0.05, 0) is 40.8 Å². The van der Waals surface area contributed by atoms with Crippen molar-refractivity contribution in [3.63, 3.8) is 0 Å². The van der Waals surface area contributed by atoms with E-state index in [1.165, 1.54) is 11.1 Å². The SMILES string of the molecule is CCc1cc2c(CN3CCN(Cc4ccc5c(c4)CCO5)CC3)cc(=O)oc2cc1O. The van der Waals surface area contributed by atoms with Crippen LogP contribution in [0.3, 0.4) is 0 Å². The van der Waals surface area contributed by atoms with Crippen LogP contribution < -0.4 is 10.4 Å². The smallest absolute Gasteiger partial charge is 0.336 e. The zero-order valence-electron chi connectivity index (χ0n) is 17.9. The highest BCUT2D eigenvalue weighted by atomic mass is 16.5. The summed E-state index contributed by atoms with van der Waals surface area (Å²) in [6.07, 6.45) is 1.74. The minimum Gasteiger partial charge on any atom is -0.508 e. The molecule has 1 N–H and O–H groups in total. The molecule has 0 unspecified atom stereocenters. The Kier molecular flexibility index (Phi) is 5.42. The van der Waals surface area contributed by atoms with Crippen LogP contribution in [0.15, 0.2) is 45.6 Å².